The second-order valence-corrected chi connectivity index (χ2v) is 4.05. The Balaban J connectivity index is 3.10. The van der Waals surface area contributed by atoms with Crippen LogP contribution >= 0.6 is 11.9 Å². The van der Waals surface area contributed by atoms with Gasteiger partial charge < -0.3 is 0 Å². The number of halogens is 1. The van der Waals surface area contributed by atoms with Crippen LogP contribution in [0.25, 0.3) is 0 Å². The molecule has 0 spiro atoms. The normalized spacial score (nSPS) is 11.8. The molecule has 0 aliphatic rings. The van der Waals surface area contributed by atoms with Gasteiger partial charge in [-0.15, -0.1) is 0 Å². The number of pyridine rings is 1. The van der Waals surface area contributed by atoms with E-state index in [1.165, 1.54) is 13.8 Å². The van der Waals surface area contributed by atoms with E-state index in [0.717, 1.165) is 22.5 Å². The highest BCUT2D eigenvalue weighted by molar-refractivity contribution is 7.97. The Morgan fingerprint density at radius 1 is 1.46 bits per heavy atom. The van der Waals surface area contributed by atoms with Crippen molar-refractivity contribution in [3.63, 3.8) is 0 Å². The molecule has 0 saturated carbocycles. The molecule has 0 fully saturated rings. The molecule has 4 heteroatoms. The first-order valence-electron chi connectivity index (χ1n) is 3.99. The fraction of sp³-hybridized carbons (Fsp3) is 0.444. The average Bonchev–Trinajstić information content (AvgIpc) is 2.02. The standard InChI is InChI=1S/C9H13FN2S/c1-6-7(13-11)4-5-8(12-6)9(2,3)10/h4-5H,11H2,1-3H3. The van der Waals surface area contributed by atoms with E-state index in [9.17, 15) is 4.39 Å². The summed E-state index contributed by atoms with van der Waals surface area (Å²) in [6, 6.07) is 3.46. The van der Waals surface area contributed by atoms with Crippen molar-refractivity contribution in [2.75, 3.05) is 0 Å². The van der Waals surface area contributed by atoms with E-state index in [0.29, 0.717) is 5.69 Å². The SMILES string of the molecule is Cc1nc(C(C)(C)F)ccc1SN. The minimum atomic E-state index is -1.39. The van der Waals surface area contributed by atoms with Crippen LogP contribution in [0.4, 0.5) is 4.39 Å². The van der Waals surface area contributed by atoms with Gasteiger partial charge in [-0.2, -0.15) is 0 Å². The van der Waals surface area contributed by atoms with Crippen LogP contribution in [0.15, 0.2) is 17.0 Å². The van der Waals surface area contributed by atoms with Crippen molar-refractivity contribution in [3.05, 3.63) is 23.5 Å². The summed E-state index contributed by atoms with van der Waals surface area (Å²) in [7, 11) is 0. The van der Waals surface area contributed by atoms with Crippen LogP contribution in [0.5, 0.6) is 0 Å². The number of hydrogen-bond acceptors (Lipinski definition) is 3. The van der Waals surface area contributed by atoms with Crippen LogP contribution in [0.2, 0.25) is 0 Å². The van der Waals surface area contributed by atoms with E-state index in [1.807, 2.05) is 6.92 Å². The molecule has 1 aromatic heterocycles. The molecule has 1 aromatic rings. The first-order valence-corrected chi connectivity index (χ1v) is 4.87. The summed E-state index contributed by atoms with van der Waals surface area (Å²) in [5, 5.41) is 5.39. The maximum absolute atomic E-state index is 13.4. The van der Waals surface area contributed by atoms with Gasteiger partial charge in [-0.1, -0.05) is 0 Å². The number of nitrogens with zero attached hydrogens (tertiary/aromatic N) is 1. The van der Waals surface area contributed by atoms with Crippen LogP contribution in [0.3, 0.4) is 0 Å². The highest BCUT2D eigenvalue weighted by atomic mass is 32.2. The molecule has 0 unspecified atom stereocenters. The third-order valence-electron chi connectivity index (χ3n) is 1.77. The van der Waals surface area contributed by atoms with Gasteiger partial charge in [-0.05, 0) is 44.9 Å². The van der Waals surface area contributed by atoms with Crippen LogP contribution in [0.1, 0.15) is 25.2 Å². The number of aromatic nitrogens is 1. The van der Waals surface area contributed by atoms with Gasteiger partial charge in [0, 0.05) is 4.90 Å². The van der Waals surface area contributed by atoms with Crippen LogP contribution in [-0.4, -0.2) is 4.98 Å². The van der Waals surface area contributed by atoms with Gasteiger partial charge >= 0.3 is 0 Å². The van der Waals surface area contributed by atoms with Gasteiger partial charge in [0.05, 0.1) is 11.4 Å². The highest BCUT2D eigenvalue weighted by Gasteiger charge is 2.20. The molecule has 0 aliphatic heterocycles. The molecule has 1 rings (SSSR count). The Kier molecular flexibility index (Phi) is 2.93. The maximum Gasteiger partial charge on any atom is 0.147 e. The Bertz CT molecular complexity index is 307. The lowest BCUT2D eigenvalue weighted by Gasteiger charge is -2.14. The lowest BCUT2D eigenvalue weighted by molar-refractivity contribution is 0.214. The predicted octanol–water partition coefficient (Wildman–Crippen LogP) is 2.56. The summed E-state index contributed by atoms with van der Waals surface area (Å²) >= 11 is 1.13. The highest BCUT2D eigenvalue weighted by Crippen LogP contribution is 2.25. The minimum Gasteiger partial charge on any atom is -0.274 e. The summed E-state index contributed by atoms with van der Waals surface area (Å²) in [5.41, 5.74) is -0.165. The lowest BCUT2D eigenvalue weighted by Crippen LogP contribution is -2.12. The Morgan fingerprint density at radius 3 is 2.46 bits per heavy atom. The fourth-order valence-corrected chi connectivity index (χ4v) is 1.37. The van der Waals surface area contributed by atoms with E-state index in [-0.39, 0.29) is 0 Å². The molecule has 0 bridgehead atoms. The van der Waals surface area contributed by atoms with E-state index >= 15 is 0 Å². The van der Waals surface area contributed by atoms with E-state index in [4.69, 9.17) is 5.14 Å². The second-order valence-electron chi connectivity index (χ2n) is 3.37. The van der Waals surface area contributed by atoms with Crippen LogP contribution in [-0.2, 0) is 5.67 Å². The van der Waals surface area contributed by atoms with Crippen LogP contribution in [0, 0.1) is 6.92 Å². The third-order valence-corrected chi connectivity index (χ3v) is 2.46. The van der Waals surface area contributed by atoms with Gasteiger partial charge in [0.1, 0.15) is 5.67 Å². The molecule has 72 valence electrons. The number of aryl methyl sites for hydroxylation is 1. The monoisotopic (exact) mass is 200 g/mol. The lowest BCUT2D eigenvalue weighted by atomic mass is 10.1. The molecule has 13 heavy (non-hydrogen) atoms. The van der Waals surface area contributed by atoms with Crippen molar-refractivity contribution in [1.29, 1.82) is 0 Å². The molecule has 0 aromatic carbocycles. The smallest absolute Gasteiger partial charge is 0.147 e. The third kappa shape index (κ3) is 2.42. The van der Waals surface area contributed by atoms with Crippen molar-refractivity contribution in [3.8, 4) is 0 Å². The van der Waals surface area contributed by atoms with Crippen LogP contribution < -0.4 is 5.14 Å². The minimum absolute atomic E-state index is 0.447. The van der Waals surface area contributed by atoms with Gasteiger partial charge in [0.2, 0.25) is 0 Å². The molecule has 0 radical (unpaired) electrons. The molecule has 0 amide bonds. The topological polar surface area (TPSA) is 38.9 Å². The molecule has 0 aliphatic carbocycles. The summed E-state index contributed by atoms with van der Waals surface area (Å²) < 4.78 is 13.4. The van der Waals surface area contributed by atoms with Crippen molar-refractivity contribution >= 4 is 11.9 Å². The van der Waals surface area contributed by atoms with Gasteiger partial charge in [-0.3, -0.25) is 10.1 Å². The second kappa shape index (κ2) is 3.64. The largest absolute Gasteiger partial charge is 0.274 e. The Hall–Kier alpha value is -0.610. The molecule has 2 N–H and O–H groups in total. The molecular formula is C9H13FN2S. The van der Waals surface area contributed by atoms with E-state index < -0.39 is 5.67 Å². The summed E-state index contributed by atoms with van der Waals surface area (Å²) in [6.45, 7) is 4.80. The van der Waals surface area contributed by atoms with Crippen molar-refractivity contribution in [1.82, 2.24) is 4.98 Å². The quantitative estimate of drug-likeness (QED) is 0.746. The molecule has 2 nitrogen and oxygen atoms in total. The van der Waals surface area contributed by atoms with Crippen molar-refractivity contribution in [2.45, 2.75) is 31.3 Å². The van der Waals surface area contributed by atoms with Gasteiger partial charge in [0.25, 0.3) is 0 Å². The summed E-state index contributed by atoms with van der Waals surface area (Å²) in [5.74, 6) is 0. The van der Waals surface area contributed by atoms with E-state index in [1.54, 1.807) is 12.1 Å². The first kappa shape index (κ1) is 10.5. The zero-order valence-electron chi connectivity index (χ0n) is 7.97. The Labute approximate surface area is 81.9 Å². The number of hydrogen-bond donors (Lipinski definition) is 1. The molecule has 0 atom stereocenters. The Morgan fingerprint density at radius 2 is 2.08 bits per heavy atom. The van der Waals surface area contributed by atoms with Crippen molar-refractivity contribution < 1.29 is 4.39 Å². The predicted molar refractivity (Wildman–Crippen MR) is 53.2 cm³/mol. The van der Waals surface area contributed by atoms with Crippen molar-refractivity contribution in [2.24, 2.45) is 5.14 Å². The summed E-state index contributed by atoms with van der Waals surface area (Å²) in [6.07, 6.45) is 0. The maximum atomic E-state index is 13.4. The van der Waals surface area contributed by atoms with E-state index in [2.05, 4.69) is 4.98 Å². The number of nitrogens with two attached hydrogens (primary N) is 1. The molecular weight excluding hydrogens is 187 g/mol. The number of rotatable bonds is 2. The van der Waals surface area contributed by atoms with Gasteiger partial charge in [-0.25, -0.2) is 4.39 Å². The molecule has 0 saturated heterocycles. The fourth-order valence-electron chi connectivity index (χ4n) is 1.00. The summed E-state index contributed by atoms with van der Waals surface area (Å²) in [4.78, 5) is 5.02. The average molecular weight is 200 g/mol. The molecule has 1 heterocycles. The first-order chi connectivity index (χ1) is 5.95. The zero-order chi connectivity index (χ0) is 10.1. The zero-order valence-corrected chi connectivity index (χ0v) is 8.78. The number of alkyl halides is 1. The van der Waals surface area contributed by atoms with Gasteiger partial charge in [0.15, 0.2) is 0 Å².